The molecule has 0 nitrogen and oxygen atoms in total. The van der Waals surface area contributed by atoms with Crippen LogP contribution in [0.4, 0.5) is 0 Å². The van der Waals surface area contributed by atoms with Crippen molar-refractivity contribution >= 4 is 0 Å². The SMILES string of the molecule is C=C(C)CC(C)C=CC(C)(C)C. The second-order valence-electron chi connectivity index (χ2n) is 4.86. The molecule has 0 spiro atoms. The van der Waals surface area contributed by atoms with Gasteiger partial charge in [-0.1, -0.05) is 45.4 Å². The summed E-state index contributed by atoms with van der Waals surface area (Å²) in [5.74, 6) is 0.627. The van der Waals surface area contributed by atoms with Crippen LogP contribution in [0.2, 0.25) is 0 Å². The van der Waals surface area contributed by atoms with Crippen LogP contribution in [0.15, 0.2) is 24.3 Å². The summed E-state index contributed by atoms with van der Waals surface area (Å²) in [4.78, 5) is 0. The summed E-state index contributed by atoms with van der Waals surface area (Å²) in [6, 6.07) is 0. The van der Waals surface area contributed by atoms with Gasteiger partial charge in [-0.15, -0.1) is 6.58 Å². The van der Waals surface area contributed by atoms with Crippen molar-refractivity contribution in [2.45, 2.75) is 41.0 Å². The fourth-order valence-electron chi connectivity index (χ4n) is 1.07. The lowest BCUT2D eigenvalue weighted by molar-refractivity contribution is 0.536. The maximum Gasteiger partial charge on any atom is -0.0203 e. The summed E-state index contributed by atoms with van der Waals surface area (Å²) in [7, 11) is 0. The predicted molar refractivity (Wildman–Crippen MR) is 57.2 cm³/mol. The van der Waals surface area contributed by atoms with Crippen LogP contribution in [-0.2, 0) is 0 Å². The largest absolute Gasteiger partial charge is 0.100 e. The van der Waals surface area contributed by atoms with E-state index in [0.29, 0.717) is 11.3 Å². The summed E-state index contributed by atoms with van der Waals surface area (Å²) in [5, 5.41) is 0. The fourth-order valence-corrected chi connectivity index (χ4v) is 1.07. The second kappa shape index (κ2) is 4.49. The van der Waals surface area contributed by atoms with Crippen LogP contribution in [0.25, 0.3) is 0 Å². The third-order valence-corrected chi connectivity index (χ3v) is 1.60. The molecular weight excluding hydrogens is 144 g/mol. The van der Waals surface area contributed by atoms with E-state index in [0.717, 1.165) is 6.42 Å². The van der Waals surface area contributed by atoms with Crippen LogP contribution in [0.3, 0.4) is 0 Å². The van der Waals surface area contributed by atoms with Crippen LogP contribution < -0.4 is 0 Å². The molecule has 0 rings (SSSR count). The van der Waals surface area contributed by atoms with Crippen molar-refractivity contribution in [1.29, 1.82) is 0 Å². The Labute approximate surface area is 77.4 Å². The van der Waals surface area contributed by atoms with E-state index in [1.54, 1.807) is 0 Å². The van der Waals surface area contributed by atoms with Crippen molar-refractivity contribution < 1.29 is 0 Å². The maximum absolute atomic E-state index is 3.91. The van der Waals surface area contributed by atoms with Crippen molar-refractivity contribution in [1.82, 2.24) is 0 Å². The Morgan fingerprint density at radius 1 is 1.42 bits per heavy atom. The molecule has 0 bridgehead atoms. The third kappa shape index (κ3) is 7.59. The normalized spacial score (nSPS) is 15.1. The Bertz CT molecular complexity index is 167. The highest BCUT2D eigenvalue weighted by atomic mass is 14.1. The van der Waals surface area contributed by atoms with Gasteiger partial charge in [-0.25, -0.2) is 0 Å². The Morgan fingerprint density at radius 3 is 2.25 bits per heavy atom. The summed E-state index contributed by atoms with van der Waals surface area (Å²) in [6.07, 6.45) is 5.67. The van der Waals surface area contributed by atoms with E-state index in [4.69, 9.17) is 0 Å². The molecule has 0 amide bonds. The van der Waals surface area contributed by atoms with Crippen LogP contribution in [-0.4, -0.2) is 0 Å². The molecule has 1 atom stereocenters. The Morgan fingerprint density at radius 2 is 1.92 bits per heavy atom. The summed E-state index contributed by atoms with van der Waals surface area (Å²) in [6.45, 7) is 14.9. The van der Waals surface area contributed by atoms with Gasteiger partial charge in [0, 0.05) is 0 Å². The molecule has 0 radical (unpaired) electrons. The Balaban J connectivity index is 3.91. The van der Waals surface area contributed by atoms with E-state index in [9.17, 15) is 0 Å². The lowest BCUT2D eigenvalue weighted by Crippen LogP contribution is -2.00. The maximum atomic E-state index is 3.91. The average molecular weight is 166 g/mol. The molecule has 0 heteroatoms. The molecular formula is C12H22. The van der Waals surface area contributed by atoms with E-state index >= 15 is 0 Å². The van der Waals surface area contributed by atoms with E-state index in [1.807, 2.05) is 0 Å². The Hall–Kier alpha value is -0.520. The third-order valence-electron chi connectivity index (χ3n) is 1.60. The van der Waals surface area contributed by atoms with Crippen LogP contribution in [0.1, 0.15) is 41.0 Å². The fraction of sp³-hybridized carbons (Fsp3) is 0.667. The van der Waals surface area contributed by atoms with Crippen molar-refractivity contribution in [2.75, 3.05) is 0 Å². The lowest BCUT2D eigenvalue weighted by atomic mass is 9.93. The van der Waals surface area contributed by atoms with Gasteiger partial charge < -0.3 is 0 Å². The van der Waals surface area contributed by atoms with Gasteiger partial charge in [0.25, 0.3) is 0 Å². The molecule has 0 fully saturated rings. The van der Waals surface area contributed by atoms with E-state index in [-0.39, 0.29) is 0 Å². The molecule has 70 valence electrons. The van der Waals surface area contributed by atoms with Crippen LogP contribution in [0, 0.1) is 11.3 Å². The molecule has 0 aliphatic heterocycles. The average Bonchev–Trinajstić information content (AvgIpc) is 1.80. The molecule has 12 heavy (non-hydrogen) atoms. The molecule has 0 aliphatic carbocycles. The Kier molecular flexibility index (Phi) is 4.30. The molecule has 0 aromatic carbocycles. The minimum atomic E-state index is 0.309. The van der Waals surface area contributed by atoms with E-state index in [2.05, 4.69) is 53.3 Å². The van der Waals surface area contributed by atoms with Crippen molar-refractivity contribution in [2.24, 2.45) is 11.3 Å². The highest BCUT2D eigenvalue weighted by Gasteiger charge is 2.05. The van der Waals surface area contributed by atoms with Gasteiger partial charge in [0.15, 0.2) is 0 Å². The molecule has 0 aliphatic rings. The zero-order valence-electron chi connectivity index (χ0n) is 9.15. The first-order valence-electron chi connectivity index (χ1n) is 4.65. The highest BCUT2D eigenvalue weighted by molar-refractivity contribution is 4.99. The minimum absolute atomic E-state index is 0.309. The topological polar surface area (TPSA) is 0 Å². The number of hydrogen-bond donors (Lipinski definition) is 0. The highest BCUT2D eigenvalue weighted by Crippen LogP contribution is 2.18. The molecule has 0 saturated heterocycles. The molecule has 0 aromatic heterocycles. The summed E-state index contributed by atoms with van der Waals surface area (Å²) < 4.78 is 0. The second-order valence-corrected chi connectivity index (χ2v) is 4.86. The number of allylic oxidation sites excluding steroid dienone is 3. The van der Waals surface area contributed by atoms with Crippen LogP contribution in [0.5, 0.6) is 0 Å². The first-order valence-corrected chi connectivity index (χ1v) is 4.65. The van der Waals surface area contributed by atoms with Crippen molar-refractivity contribution in [3.8, 4) is 0 Å². The molecule has 0 N–H and O–H groups in total. The molecule has 0 heterocycles. The number of rotatable bonds is 3. The predicted octanol–water partition coefficient (Wildman–Crippen LogP) is 4.19. The quantitative estimate of drug-likeness (QED) is 0.551. The van der Waals surface area contributed by atoms with Crippen LogP contribution >= 0.6 is 0 Å². The lowest BCUT2D eigenvalue weighted by Gasteiger charge is -2.13. The van der Waals surface area contributed by atoms with Gasteiger partial charge in [0.1, 0.15) is 0 Å². The summed E-state index contributed by atoms with van der Waals surface area (Å²) >= 11 is 0. The van der Waals surface area contributed by atoms with Gasteiger partial charge in [0.05, 0.1) is 0 Å². The van der Waals surface area contributed by atoms with Gasteiger partial charge >= 0.3 is 0 Å². The first kappa shape index (κ1) is 11.5. The van der Waals surface area contributed by atoms with Gasteiger partial charge in [0.2, 0.25) is 0 Å². The van der Waals surface area contributed by atoms with Gasteiger partial charge in [-0.05, 0) is 24.7 Å². The number of hydrogen-bond acceptors (Lipinski definition) is 0. The zero-order chi connectivity index (χ0) is 9.78. The van der Waals surface area contributed by atoms with Gasteiger partial charge in [-0.2, -0.15) is 0 Å². The van der Waals surface area contributed by atoms with E-state index in [1.165, 1.54) is 5.57 Å². The standard InChI is InChI=1S/C12H22/c1-10(2)9-11(3)7-8-12(4,5)6/h7-8,11H,1,9H2,2-6H3. The van der Waals surface area contributed by atoms with Gasteiger partial charge in [-0.3, -0.25) is 0 Å². The molecule has 0 aromatic rings. The summed E-state index contributed by atoms with van der Waals surface area (Å²) in [5.41, 5.74) is 1.57. The minimum Gasteiger partial charge on any atom is -0.100 e. The van der Waals surface area contributed by atoms with E-state index < -0.39 is 0 Å². The monoisotopic (exact) mass is 166 g/mol. The smallest absolute Gasteiger partial charge is 0.0203 e. The zero-order valence-corrected chi connectivity index (χ0v) is 9.15. The van der Waals surface area contributed by atoms with Crippen molar-refractivity contribution in [3.63, 3.8) is 0 Å². The molecule has 1 unspecified atom stereocenters. The first-order chi connectivity index (χ1) is 5.31. The molecule has 0 saturated carbocycles. The van der Waals surface area contributed by atoms with Crippen molar-refractivity contribution in [3.05, 3.63) is 24.3 Å².